The molecule has 0 aliphatic carbocycles. The number of hydrogen-bond acceptors (Lipinski definition) is 1. The van der Waals surface area contributed by atoms with Gasteiger partial charge in [-0.25, -0.2) is 0 Å². The lowest BCUT2D eigenvalue weighted by molar-refractivity contribution is 0.619. The lowest BCUT2D eigenvalue weighted by Gasteiger charge is -2.07. The van der Waals surface area contributed by atoms with Gasteiger partial charge in [0, 0.05) is 27.6 Å². The zero-order valence-corrected chi connectivity index (χ0v) is 11.1. The van der Waals surface area contributed by atoms with Crippen LogP contribution >= 0.6 is 15.9 Å². The topological polar surface area (TPSA) is 30.9 Å². The molecule has 0 radical (unpaired) electrons. The monoisotopic (exact) mass is 280 g/mol. The van der Waals surface area contributed by atoms with Crippen LogP contribution in [0.3, 0.4) is 0 Å². The van der Waals surface area contributed by atoms with Crippen LogP contribution < -0.4 is 5.73 Å². The predicted octanol–water partition coefficient (Wildman–Crippen LogP) is 3.45. The molecule has 0 amide bonds. The van der Waals surface area contributed by atoms with Gasteiger partial charge in [-0.15, -0.1) is 0 Å². The van der Waals surface area contributed by atoms with Crippen molar-refractivity contribution in [2.75, 3.05) is 6.54 Å². The molecule has 0 saturated heterocycles. The van der Waals surface area contributed by atoms with E-state index >= 15 is 0 Å². The van der Waals surface area contributed by atoms with Gasteiger partial charge in [0.25, 0.3) is 0 Å². The van der Waals surface area contributed by atoms with E-state index in [0.717, 1.165) is 25.9 Å². The van der Waals surface area contributed by atoms with E-state index < -0.39 is 0 Å². The Hall–Kier alpha value is -0.800. The maximum atomic E-state index is 5.53. The third-order valence-electron chi connectivity index (χ3n) is 2.99. The third kappa shape index (κ3) is 2.02. The van der Waals surface area contributed by atoms with Gasteiger partial charge in [-0.2, -0.15) is 0 Å². The second kappa shape index (κ2) is 5.02. The number of aryl methyl sites for hydroxylation is 1. The molecule has 0 bridgehead atoms. The van der Waals surface area contributed by atoms with Crippen LogP contribution in [0.1, 0.15) is 18.5 Å². The highest BCUT2D eigenvalue weighted by atomic mass is 79.9. The molecule has 0 aliphatic heterocycles. The molecular formula is C13H17BrN2. The van der Waals surface area contributed by atoms with E-state index in [0.29, 0.717) is 0 Å². The number of nitrogens with two attached hydrogens (primary N) is 1. The van der Waals surface area contributed by atoms with E-state index in [4.69, 9.17) is 5.73 Å². The second-order valence-electron chi connectivity index (χ2n) is 4.06. The van der Waals surface area contributed by atoms with Crippen LogP contribution in [0, 0.1) is 6.92 Å². The van der Waals surface area contributed by atoms with Crippen LogP contribution in [0.5, 0.6) is 0 Å². The van der Waals surface area contributed by atoms with Crippen LogP contribution in [-0.2, 0) is 6.54 Å². The van der Waals surface area contributed by atoms with Gasteiger partial charge in [0.05, 0.1) is 0 Å². The summed E-state index contributed by atoms with van der Waals surface area (Å²) in [7, 11) is 0. The van der Waals surface area contributed by atoms with Gasteiger partial charge in [-0.05, 0) is 48.3 Å². The summed E-state index contributed by atoms with van der Waals surface area (Å²) >= 11 is 3.67. The van der Waals surface area contributed by atoms with E-state index in [9.17, 15) is 0 Å². The fourth-order valence-electron chi connectivity index (χ4n) is 2.09. The van der Waals surface area contributed by atoms with Crippen molar-refractivity contribution in [2.24, 2.45) is 5.73 Å². The average Bonchev–Trinajstić information content (AvgIpc) is 2.55. The molecule has 0 unspecified atom stereocenters. The van der Waals surface area contributed by atoms with Crippen molar-refractivity contribution >= 4 is 26.8 Å². The van der Waals surface area contributed by atoms with Crippen molar-refractivity contribution in [1.82, 2.24) is 4.57 Å². The Labute approximate surface area is 105 Å². The molecule has 1 heterocycles. The average molecular weight is 281 g/mol. The summed E-state index contributed by atoms with van der Waals surface area (Å²) in [6.07, 6.45) is 2.23. The first-order valence-electron chi connectivity index (χ1n) is 5.69. The Morgan fingerprint density at radius 3 is 2.75 bits per heavy atom. The standard InChI is InChI=1S/C13H17BrN2/c1-10-13(14)11-6-2-3-7-12(11)16(10)9-5-4-8-15/h2-3,6-7H,4-5,8-9,15H2,1H3. The molecule has 0 saturated carbocycles. The van der Waals surface area contributed by atoms with Crippen LogP contribution in [0.25, 0.3) is 10.9 Å². The summed E-state index contributed by atoms with van der Waals surface area (Å²) in [5.74, 6) is 0. The van der Waals surface area contributed by atoms with Gasteiger partial charge in [0.1, 0.15) is 0 Å². The number of benzene rings is 1. The largest absolute Gasteiger partial charge is 0.344 e. The Balaban J connectivity index is 2.39. The number of halogens is 1. The first-order valence-corrected chi connectivity index (χ1v) is 6.48. The van der Waals surface area contributed by atoms with Gasteiger partial charge in [0.2, 0.25) is 0 Å². The van der Waals surface area contributed by atoms with Crippen molar-refractivity contribution < 1.29 is 0 Å². The van der Waals surface area contributed by atoms with Crippen LogP contribution in [0.15, 0.2) is 28.7 Å². The quantitative estimate of drug-likeness (QED) is 0.855. The highest BCUT2D eigenvalue weighted by Gasteiger charge is 2.10. The normalized spacial score (nSPS) is 11.2. The molecule has 2 nitrogen and oxygen atoms in total. The van der Waals surface area contributed by atoms with E-state index in [1.54, 1.807) is 0 Å². The molecule has 0 spiro atoms. The van der Waals surface area contributed by atoms with Crippen molar-refractivity contribution in [3.8, 4) is 0 Å². The summed E-state index contributed by atoms with van der Waals surface area (Å²) < 4.78 is 3.59. The maximum absolute atomic E-state index is 5.53. The zero-order valence-electron chi connectivity index (χ0n) is 9.54. The number of rotatable bonds is 4. The van der Waals surface area contributed by atoms with Gasteiger partial charge in [-0.1, -0.05) is 18.2 Å². The first-order chi connectivity index (χ1) is 7.75. The minimum Gasteiger partial charge on any atom is -0.344 e. The molecule has 86 valence electrons. The highest BCUT2D eigenvalue weighted by molar-refractivity contribution is 9.10. The first kappa shape index (κ1) is 11.7. The number of hydrogen-bond donors (Lipinski definition) is 1. The lowest BCUT2D eigenvalue weighted by atomic mass is 10.2. The van der Waals surface area contributed by atoms with E-state index in [1.807, 2.05) is 0 Å². The molecule has 3 heteroatoms. The Bertz CT molecular complexity index is 488. The second-order valence-corrected chi connectivity index (χ2v) is 4.86. The summed E-state index contributed by atoms with van der Waals surface area (Å²) in [5.41, 5.74) is 8.14. The van der Waals surface area contributed by atoms with Crippen molar-refractivity contribution in [3.63, 3.8) is 0 Å². The molecule has 0 fully saturated rings. The van der Waals surface area contributed by atoms with E-state index in [1.165, 1.54) is 21.1 Å². The molecule has 0 aliphatic rings. The number of para-hydroxylation sites is 1. The van der Waals surface area contributed by atoms with E-state index in [-0.39, 0.29) is 0 Å². The number of nitrogens with zero attached hydrogens (tertiary/aromatic N) is 1. The Morgan fingerprint density at radius 2 is 2.00 bits per heavy atom. The van der Waals surface area contributed by atoms with Crippen LogP contribution in [0.2, 0.25) is 0 Å². The fourth-order valence-corrected chi connectivity index (χ4v) is 2.64. The van der Waals surface area contributed by atoms with E-state index in [2.05, 4.69) is 51.7 Å². The molecule has 2 rings (SSSR count). The number of unbranched alkanes of at least 4 members (excludes halogenated alkanes) is 1. The molecule has 1 aromatic heterocycles. The maximum Gasteiger partial charge on any atom is 0.0494 e. The van der Waals surface area contributed by atoms with Gasteiger partial charge < -0.3 is 10.3 Å². The van der Waals surface area contributed by atoms with Gasteiger partial charge >= 0.3 is 0 Å². The smallest absolute Gasteiger partial charge is 0.0494 e. The SMILES string of the molecule is Cc1c(Br)c2ccccc2n1CCCCN. The van der Waals surface area contributed by atoms with Gasteiger partial charge in [-0.3, -0.25) is 0 Å². The lowest BCUT2D eigenvalue weighted by Crippen LogP contribution is -2.04. The molecule has 2 aromatic rings. The summed E-state index contributed by atoms with van der Waals surface area (Å²) in [4.78, 5) is 0. The molecule has 1 aromatic carbocycles. The number of aromatic nitrogens is 1. The third-order valence-corrected chi connectivity index (χ3v) is 3.99. The fraction of sp³-hybridized carbons (Fsp3) is 0.385. The van der Waals surface area contributed by atoms with Gasteiger partial charge in [0.15, 0.2) is 0 Å². The summed E-state index contributed by atoms with van der Waals surface area (Å²) in [6, 6.07) is 8.51. The summed E-state index contributed by atoms with van der Waals surface area (Å²) in [6.45, 7) is 3.99. The Morgan fingerprint density at radius 1 is 1.25 bits per heavy atom. The number of fused-ring (bicyclic) bond motifs is 1. The minimum atomic E-state index is 0.777. The van der Waals surface area contributed by atoms with Crippen LogP contribution in [-0.4, -0.2) is 11.1 Å². The molecule has 16 heavy (non-hydrogen) atoms. The molecule has 2 N–H and O–H groups in total. The van der Waals surface area contributed by atoms with Crippen molar-refractivity contribution in [2.45, 2.75) is 26.3 Å². The van der Waals surface area contributed by atoms with Crippen molar-refractivity contribution in [3.05, 3.63) is 34.4 Å². The molecular weight excluding hydrogens is 264 g/mol. The molecule has 0 atom stereocenters. The minimum absolute atomic E-state index is 0.777. The van der Waals surface area contributed by atoms with Crippen molar-refractivity contribution in [1.29, 1.82) is 0 Å². The summed E-state index contributed by atoms with van der Waals surface area (Å²) in [5, 5.41) is 1.30. The highest BCUT2D eigenvalue weighted by Crippen LogP contribution is 2.30. The Kier molecular flexibility index (Phi) is 3.66. The zero-order chi connectivity index (χ0) is 11.5. The predicted molar refractivity (Wildman–Crippen MR) is 72.7 cm³/mol. The van der Waals surface area contributed by atoms with Crippen LogP contribution in [0.4, 0.5) is 0 Å².